The second-order valence-corrected chi connectivity index (χ2v) is 8.02. The molecule has 1 rings (SSSR count). The molecule has 5 heteroatoms. The number of allylic oxidation sites excluding steroid dienone is 3. The van der Waals surface area contributed by atoms with Crippen molar-refractivity contribution in [3.63, 3.8) is 0 Å². The summed E-state index contributed by atoms with van der Waals surface area (Å²) in [5, 5.41) is 11.2. The number of rotatable bonds is 9. The van der Waals surface area contributed by atoms with Crippen LogP contribution in [0.25, 0.3) is 0 Å². The second kappa shape index (κ2) is 10.2. The van der Waals surface area contributed by atoms with Gasteiger partial charge in [0.25, 0.3) is 0 Å². The molecule has 0 saturated heterocycles. The zero-order valence-electron chi connectivity index (χ0n) is 16.5. The number of aliphatic hydroxyl groups is 1. The Morgan fingerprint density at radius 1 is 1.32 bits per heavy atom. The zero-order valence-corrected chi connectivity index (χ0v) is 16.5. The Bertz CT molecular complexity index is 479. The Hall–Kier alpha value is -1.07. The lowest BCUT2D eigenvalue weighted by Crippen LogP contribution is -2.39. The zero-order chi connectivity index (χ0) is 19.0. The van der Waals surface area contributed by atoms with Gasteiger partial charge in [0.2, 0.25) is 6.41 Å². The van der Waals surface area contributed by atoms with E-state index in [0.29, 0.717) is 12.3 Å². The van der Waals surface area contributed by atoms with E-state index in [0.717, 1.165) is 30.5 Å². The molecule has 0 aromatic rings. The van der Waals surface area contributed by atoms with E-state index in [1.165, 1.54) is 24.3 Å². The fraction of sp³-hybridized carbons (Fsp3) is 0.750. The predicted octanol–water partition coefficient (Wildman–Crippen LogP) is 4.10. The Balaban J connectivity index is 3.00. The van der Waals surface area contributed by atoms with Gasteiger partial charge in [-0.3, -0.25) is 9.63 Å². The molecule has 4 nitrogen and oxygen atoms in total. The van der Waals surface area contributed by atoms with Gasteiger partial charge in [-0.15, -0.1) is 5.98 Å². The van der Waals surface area contributed by atoms with Crippen LogP contribution in [0.1, 0.15) is 73.1 Å². The molecule has 25 heavy (non-hydrogen) atoms. The molecular weight excluding hydrogens is 313 g/mol. The molecule has 1 aliphatic carbocycles. The summed E-state index contributed by atoms with van der Waals surface area (Å²) < 4.78 is 0. The van der Waals surface area contributed by atoms with E-state index < -0.39 is 11.7 Å². The number of aliphatic hydroxyl groups excluding tert-OH is 1. The van der Waals surface area contributed by atoms with Crippen LogP contribution in [0.5, 0.6) is 0 Å². The number of nitrogens with zero attached hydrogens (tertiary/aromatic N) is 1. The summed E-state index contributed by atoms with van der Waals surface area (Å²) in [5.74, 6) is 1.93. The van der Waals surface area contributed by atoms with E-state index in [2.05, 4.69) is 0 Å². The number of amides is 1. The van der Waals surface area contributed by atoms with Gasteiger partial charge >= 0.3 is 0 Å². The van der Waals surface area contributed by atoms with Gasteiger partial charge in [-0.2, -0.15) is 5.06 Å². The lowest BCUT2D eigenvalue weighted by molar-refractivity contribution is -0.215. The topological polar surface area (TPSA) is 49.8 Å². The van der Waals surface area contributed by atoms with Crippen molar-refractivity contribution < 1.29 is 14.7 Å². The van der Waals surface area contributed by atoms with Crippen LogP contribution in [0.3, 0.4) is 0 Å². The third kappa shape index (κ3) is 7.37. The minimum atomic E-state index is -0.564. The summed E-state index contributed by atoms with van der Waals surface area (Å²) in [6, 6.07) is 0. The molecule has 0 bridgehead atoms. The molecular formula is C20H34BNO3. The Labute approximate surface area is 154 Å². The van der Waals surface area contributed by atoms with Crippen LogP contribution in [-0.4, -0.2) is 36.1 Å². The normalized spacial score (nSPS) is 20.2. The number of carbonyl (C=O) groups is 1. The third-order valence-corrected chi connectivity index (χ3v) is 4.99. The minimum Gasteiger partial charge on any atom is -0.393 e. The lowest BCUT2D eigenvalue weighted by atomic mass is 9.85. The Kier molecular flexibility index (Phi) is 8.94. The predicted molar refractivity (Wildman–Crippen MR) is 103 cm³/mol. The molecule has 2 atom stereocenters. The maximum absolute atomic E-state index is 11.8. The lowest BCUT2D eigenvalue weighted by Gasteiger charge is -2.36. The molecule has 0 aliphatic heterocycles. The first-order valence-electron chi connectivity index (χ1n) is 9.42. The van der Waals surface area contributed by atoms with Crippen LogP contribution in [0.4, 0.5) is 0 Å². The fourth-order valence-electron chi connectivity index (χ4n) is 3.43. The van der Waals surface area contributed by atoms with Crippen molar-refractivity contribution in [2.75, 3.05) is 0 Å². The van der Waals surface area contributed by atoms with Crippen LogP contribution < -0.4 is 0 Å². The minimum absolute atomic E-state index is 0.0799. The fourth-order valence-corrected chi connectivity index (χ4v) is 3.43. The van der Waals surface area contributed by atoms with Gasteiger partial charge in [-0.1, -0.05) is 31.8 Å². The van der Waals surface area contributed by atoms with Gasteiger partial charge in [0.05, 0.1) is 17.4 Å². The highest BCUT2D eigenvalue weighted by Crippen LogP contribution is 2.34. The maximum atomic E-state index is 11.8. The molecule has 0 aromatic heterocycles. The van der Waals surface area contributed by atoms with Crippen LogP contribution in [0.15, 0.2) is 23.3 Å². The van der Waals surface area contributed by atoms with Gasteiger partial charge in [0.1, 0.15) is 7.85 Å². The summed E-state index contributed by atoms with van der Waals surface area (Å²) >= 11 is 0. The SMILES string of the molecule is [B]/C=C(C)\C=C(\C1CCCCC1)N(C=O)OC(C)(C)CC(C)C(C)O. The first-order valence-corrected chi connectivity index (χ1v) is 9.42. The molecule has 2 unspecified atom stereocenters. The van der Waals surface area contributed by atoms with Gasteiger partial charge in [-0.05, 0) is 59.0 Å². The summed E-state index contributed by atoms with van der Waals surface area (Å²) in [5.41, 5.74) is 1.23. The molecule has 1 saturated carbocycles. The standard InChI is InChI=1S/C20H34BNO3/c1-15(13-21)11-19(18-9-7-6-8-10-18)22(14-23)25-20(4,5)12-16(2)17(3)24/h11,13-14,16-18,24H,6-10,12H2,1-5H3/b15-13-,19-11-. The van der Waals surface area contributed by atoms with Crippen LogP contribution in [0.2, 0.25) is 0 Å². The summed E-state index contributed by atoms with van der Waals surface area (Å²) in [6.07, 6.45) is 8.64. The van der Waals surface area contributed by atoms with E-state index in [9.17, 15) is 9.90 Å². The van der Waals surface area contributed by atoms with Crippen molar-refractivity contribution in [3.8, 4) is 0 Å². The van der Waals surface area contributed by atoms with E-state index in [-0.39, 0.29) is 5.92 Å². The molecule has 1 aliphatic rings. The highest BCUT2D eigenvalue weighted by molar-refractivity contribution is 6.17. The summed E-state index contributed by atoms with van der Waals surface area (Å²) in [7, 11) is 5.64. The van der Waals surface area contributed by atoms with E-state index in [1.54, 1.807) is 12.9 Å². The molecule has 140 valence electrons. The first kappa shape index (κ1) is 22.0. The summed E-state index contributed by atoms with van der Waals surface area (Å²) in [4.78, 5) is 17.9. The van der Waals surface area contributed by atoms with Crippen molar-refractivity contribution in [2.24, 2.45) is 11.8 Å². The van der Waals surface area contributed by atoms with Crippen molar-refractivity contribution >= 4 is 14.3 Å². The largest absolute Gasteiger partial charge is 0.393 e. The molecule has 1 amide bonds. The molecule has 1 N–H and O–H groups in total. The van der Waals surface area contributed by atoms with Crippen molar-refractivity contribution in [2.45, 2.75) is 84.8 Å². The number of carbonyl (C=O) groups excluding carboxylic acids is 1. The highest BCUT2D eigenvalue weighted by Gasteiger charge is 2.31. The molecule has 1 fully saturated rings. The molecule has 0 aromatic carbocycles. The second-order valence-electron chi connectivity index (χ2n) is 8.02. The van der Waals surface area contributed by atoms with Gasteiger partial charge in [0.15, 0.2) is 0 Å². The number of hydrogen-bond acceptors (Lipinski definition) is 3. The van der Waals surface area contributed by atoms with Crippen LogP contribution >= 0.6 is 0 Å². The average Bonchev–Trinajstić information content (AvgIpc) is 2.57. The highest BCUT2D eigenvalue weighted by atomic mass is 16.7. The quantitative estimate of drug-likeness (QED) is 0.296. The smallest absolute Gasteiger partial charge is 0.237 e. The van der Waals surface area contributed by atoms with E-state index in [1.807, 2.05) is 33.8 Å². The van der Waals surface area contributed by atoms with Gasteiger partial charge < -0.3 is 5.11 Å². The number of hydroxylamine groups is 2. The van der Waals surface area contributed by atoms with Crippen molar-refractivity contribution in [1.29, 1.82) is 0 Å². The monoisotopic (exact) mass is 347 g/mol. The summed E-state index contributed by atoms with van der Waals surface area (Å²) in [6.45, 7) is 9.59. The third-order valence-electron chi connectivity index (χ3n) is 4.99. The van der Waals surface area contributed by atoms with Crippen LogP contribution in [0, 0.1) is 11.8 Å². The molecule has 0 heterocycles. The van der Waals surface area contributed by atoms with Crippen molar-refractivity contribution in [1.82, 2.24) is 5.06 Å². The van der Waals surface area contributed by atoms with E-state index >= 15 is 0 Å². The molecule has 2 radical (unpaired) electrons. The molecule has 0 spiro atoms. The first-order chi connectivity index (χ1) is 11.7. The Morgan fingerprint density at radius 3 is 2.40 bits per heavy atom. The van der Waals surface area contributed by atoms with Gasteiger partial charge in [-0.25, -0.2) is 0 Å². The average molecular weight is 347 g/mol. The van der Waals surface area contributed by atoms with E-state index in [4.69, 9.17) is 12.7 Å². The van der Waals surface area contributed by atoms with Crippen LogP contribution in [-0.2, 0) is 9.63 Å². The number of hydrogen-bond donors (Lipinski definition) is 1. The Morgan fingerprint density at radius 2 is 1.92 bits per heavy atom. The van der Waals surface area contributed by atoms with Gasteiger partial charge in [0, 0.05) is 5.92 Å². The van der Waals surface area contributed by atoms with Crippen molar-refractivity contribution in [3.05, 3.63) is 23.3 Å². The maximum Gasteiger partial charge on any atom is 0.237 e.